The molecule has 4 aromatic carbocycles. The Hall–Kier alpha value is -6.62. The number of ether oxygens (including phenoxy) is 4. The number of aromatic nitrogens is 2. The van der Waals surface area contributed by atoms with Crippen molar-refractivity contribution in [2.24, 2.45) is 0 Å². The van der Waals surface area contributed by atoms with Gasteiger partial charge in [-0.15, -0.1) is 0 Å². The third kappa shape index (κ3) is 11.5. The SMILES string of the molecule is Cc1ccc2c(C)cc(=O)n(CCC3(NC=O)CCC(NCc4ccc5c(c4)OCCO5)CC3)c2c1.[C-]#[N+]C1(CCn2c(=O)cc(C)c3ccc(C)cc32)CCC(NCc2ccc3c(c2)OCCO3)CC1. The van der Waals surface area contributed by atoms with Gasteiger partial charge in [0.2, 0.25) is 11.9 Å². The van der Waals surface area contributed by atoms with Crippen molar-refractivity contribution < 1.29 is 23.7 Å². The minimum atomic E-state index is -0.393. The van der Waals surface area contributed by atoms with Crippen molar-refractivity contribution in [3.63, 3.8) is 0 Å². The summed E-state index contributed by atoms with van der Waals surface area (Å²) in [6.07, 6.45) is 9.59. The highest BCUT2D eigenvalue weighted by Gasteiger charge is 2.41. The molecule has 3 N–H and O–H groups in total. The van der Waals surface area contributed by atoms with Gasteiger partial charge in [-0.2, -0.15) is 0 Å². The minimum absolute atomic E-state index is 0.0154. The second-order valence-electron chi connectivity index (χ2n) is 20.3. The van der Waals surface area contributed by atoms with Crippen molar-refractivity contribution in [1.29, 1.82) is 0 Å². The van der Waals surface area contributed by atoms with Crippen LogP contribution in [0.3, 0.4) is 0 Å². The number of amides is 1. The zero-order valence-corrected chi connectivity index (χ0v) is 41.7. The minimum Gasteiger partial charge on any atom is -0.486 e. The van der Waals surface area contributed by atoms with Gasteiger partial charge in [-0.3, -0.25) is 14.4 Å². The number of nitrogens with zero attached hydrogens (tertiary/aromatic N) is 3. The molecule has 4 aliphatic rings. The summed E-state index contributed by atoms with van der Waals surface area (Å²) in [5, 5.41) is 12.7. The van der Waals surface area contributed by atoms with Crippen LogP contribution >= 0.6 is 0 Å². The Kier molecular flexibility index (Phi) is 15.2. The Morgan fingerprint density at radius 3 is 1.51 bits per heavy atom. The van der Waals surface area contributed by atoms with E-state index in [2.05, 4.69) is 82.3 Å². The molecule has 0 bridgehead atoms. The number of rotatable bonds is 14. The molecular weight excluding hydrogens is 893 g/mol. The Labute approximate surface area is 416 Å². The van der Waals surface area contributed by atoms with Crippen LogP contribution in [0.4, 0.5) is 0 Å². The first-order valence-corrected chi connectivity index (χ1v) is 25.5. The predicted molar refractivity (Wildman–Crippen MR) is 279 cm³/mol. The average molecular weight is 961 g/mol. The molecule has 13 heteroatoms. The number of fused-ring (bicyclic) bond motifs is 4. The highest BCUT2D eigenvalue weighted by molar-refractivity contribution is 5.84. The van der Waals surface area contributed by atoms with Crippen molar-refractivity contribution in [3.05, 3.63) is 150 Å². The maximum Gasteiger partial charge on any atom is 0.251 e. The van der Waals surface area contributed by atoms with E-state index < -0.39 is 5.54 Å². The van der Waals surface area contributed by atoms with Gasteiger partial charge in [0.05, 0.1) is 11.0 Å². The Bertz CT molecular complexity index is 3050. The summed E-state index contributed by atoms with van der Waals surface area (Å²) >= 11 is 0. The largest absolute Gasteiger partial charge is 0.486 e. The molecule has 6 aromatic rings. The van der Waals surface area contributed by atoms with Crippen LogP contribution in [-0.2, 0) is 31.0 Å². The standard InChI is InChI=1S/C29H35N3O4.C29H33N3O3/c1-20-3-5-24-21(2)16-28(34)32(25(24)15-20)12-11-29(31-19-33)9-7-23(8-10-29)30-18-22-4-6-26-27(17-22)36-14-13-35-26;1-20-4-6-24-21(2)17-28(33)32(25(24)16-20)13-12-29(30-3)10-8-23(9-11-29)31-19-22-5-7-26-27(18-22)35-15-14-34-26/h3-6,15-17,19,23,30H,7-14,18H2,1-2H3,(H,31,33);4-7,16-18,23,31H,8-15,19H2,1-2H3. The molecule has 0 unspecified atom stereocenters. The molecule has 0 saturated heterocycles. The number of carbonyl (C=O) groups excluding carboxylic acids is 1. The van der Waals surface area contributed by atoms with E-state index >= 15 is 0 Å². The van der Waals surface area contributed by atoms with Crippen LogP contribution < -0.4 is 46.0 Å². The summed E-state index contributed by atoms with van der Waals surface area (Å²) in [5.74, 6) is 3.26. The molecule has 2 aliphatic carbocycles. The summed E-state index contributed by atoms with van der Waals surface area (Å²) in [6, 6.07) is 29.0. The molecule has 2 aromatic heterocycles. The fraction of sp³-hybridized carbons (Fsp3) is 0.448. The molecule has 13 nitrogen and oxygen atoms in total. The molecule has 0 atom stereocenters. The average Bonchev–Trinajstić information content (AvgIpc) is 3.38. The molecule has 2 saturated carbocycles. The Balaban J connectivity index is 0.000000176. The molecule has 372 valence electrons. The van der Waals surface area contributed by atoms with Crippen molar-refractivity contribution in [1.82, 2.24) is 25.1 Å². The van der Waals surface area contributed by atoms with Crippen molar-refractivity contribution in [3.8, 4) is 23.0 Å². The maximum absolute atomic E-state index is 12.9. The smallest absolute Gasteiger partial charge is 0.251 e. The second kappa shape index (κ2) is 21.8. The first-order valence-electron chi connectivity index (χ1n) is 25.5. The summed E-state index contributed by atoms with van der Waals surface area (Å²) in [7, 11) is 0. The first-order chi connectivity index (χ1) is 34.4. The molecule has 0 spiro atoms. The summed E-state index contributed by atoms with van der Waals surface area (Å²) in [6.45, 7) is 21.1. The van der Waals surface area contributed by atoms with E-state index in [9.17, 15) is 14.4 Å². The lowest BCUT2D eigenvalue weighted by Gasteiger charge is -2.40. The fourth-order valence-electron chi connectivity index (χ4n) is 11.1. The number of hydrogen-bond acceptors (Lipinski definition) is 9. The van der Waals surface area contributed by atoms with Crippen LogP contribution in [0.15, 0.2) is 94.5 Å². The second-order valence-corrected chi connectivity index (χ2v) is 20.3. The Morgan fingerprint density at radius 2 is 1.04 bits per heavy atom. The summed E-state index contributed by atoms with van der Waals surface area (Å²) < 4.78 is 26.4. The fourth-order valence-corrected chi connectivity index (χ4v) is 11.1. The quantitative estimate of drug-likeness (QED) is 0.0721. The van der Waals surface area contributed by atoms with Crippen molar-refractivity contribution in [2.75, 3.05) is 26.4 Å². The van der Waals surface area contributed by atoms with Crippen LogP contribution in [-0.4, -0.2) is 65.1 Å². The lowest BCUT2D eigenvalue weighted by Crippen LogP contribution is -2.51. The molecule has 2 aliphatic heterocycles. The molecule has 1 amide bonds. The molecule has 0 radical (unpaired) electrons. The van der Waals surface area contributed by atoms with Crippen molar-refractivity contribution >= 4 is 28.2 Å². The molecule has 10 rings (SSSR count). The monoisotopic (exact) mass is 961 g/mol. The van der Waals surface area contributed by atoms with Gasteiger partial charge in [-0.05, 0) is 142 Å². The van der Waals surface area contributed by atoms with Gasteiger partial charge in [0.15, 0.2) is 23.0 Å². The van der Waals surface area contributed by atoms with E-state index in [1.54, 1.807) is 12.1 Å². The molecule has 2 fully saturated rings. The first kappa shape index (κ1) is 49.4. The van der Waals surface area contributed by atoms with Crippen LogP contribution in [0, 0.1) is 34.3 Å². The topological polar surface area (TPSA) is 138 Å². The van der Waals surface area contributed by atoms with Gasteiger partial charge in [0.1, 0.15) is 26.4 Å². The molecule has 4 heterocycles. The number of nitrogens with one attached hydrogen (secondary N) is 3. The van der Waals surface area contributed by atoms with Crippen LogP contribution in [0.25, 0.3) is 26.7 Å². The van der Waals surface area contributed by atoms with E-state index in [0.717, 1.165) is 144 Å². The number of aryl methyl sites for hydroxylation is 6. The lowest BCUT2D eigenvalue weighted by atomic mass is 9.77. The summed E-state index contributed by atoms with van der Waals surface area (Å²) in [5.41, 5.74) is 7.92. The normalized spacial score (nSPS) is 21.5. The van der Waals surface area contributed by atoms with E-state index in [1.165, 1.54) is 11.1 Å². The number of benzene rings is 4. The van der Waals surface area contributed by atoms with Crippen LogP contribution in [0.5, 0.6) is 23.0 Å². The third-order valence-electron chi connectivity index (χ3n) is 15.4. The van der Waals surface area contributed by atoms with E-state index in [-0.39, 0.29) is 16.7 Å². The zero-order chi connectivity index (χ0) is 49.5. The van der Waals surface area contributed by atoms with E-state index in [1.807, 2.05) is 48.1 Å². The Morgan fingerprint density at radius 1 is 0.592 bits per heavy atom. The number of carbonyl (C=O) groups is 1. The predicted octanol–water partition coefficient (Wildman–Crippen LogP) is 9.17. The molecular formula is C58H68N6O7. The van der Waals surface area contributed by atoms with Crippen molar-refractivity contribution in [2.45, 2.75) is 141 Å². The highest BCUT2D eigenvalue weighted by Crippen LogP contribution is 2.37. The summed E-state index contributed by atoms with van der Waals surface area (Å²) in [4.78, 5) is 41.4. The van der Waals surface area contributed by atoms with E-state index in [0.29, 0.717) is 58.0 Å². The van der Waals surface area contributed by atoms with Crippen LogP contribution in [0.2, 0.25) is 0 Å². The zero-order valence-electron chi connectivity index (χ0n) is 41.7. The number of pyridine rings is 2. The van der Waals surface area contributed by atoms with Gasteiger partial charge in [0.25, 0.3) is 11.1 Å². The van der Waals surface area contributed by atoms with Gasteiger partial charge in [-0.1, -0.05) is 36.4 Å². The third-order valence-corrected chi connectivity index (χ3v) is 15.4. The highest BCUT2D eigenvalue weighted by atomic mass is 16.6. The van der Waals surface area contributed by atoms with Gasteiger partial charge < -0.3 is 48.9 Å². The maximum atomic E-state index is 12.9. The van der Waals surface area contributed by atoms with Gasteiger partial charge in [0, 0.05) is 86.0 Å². The van der Waals surface area contributed by atoms with E-state index in [4.69, 9.17) is 25.5 Å². The lowest BCUT2D eigenvalue weighted by molar-refractivity contribution is -0.111. The number of hydrogen-bond donors (Lipinski definition) is 3. The van der Waals surface area contributed by atoms with Gasteiger partial charge in [-0.25, -0.2) is 6.57 Å². The van der Waals surface area contributed by atoms with Gasteiger partial charge >= 0.3 is 0 Å². The van der Waals surface area contributed by atoms with Crippen LogP contribution in [0.1, 0.15) is 97.6 Å². The molecule has 71 heavy (non-hydrogen) atoms.